The zero-order chi connectivity index (χ0) is 8.84. The van der Waals surface area contributed by atoms with Gasteiger partial charge in [0.1, 0.15) is 0 Å². The highest BCUT2D eigenvalue weighted by molar-refractivity contribution is 5.75. The third-order valence-corrected chi connectivity index (χ3v) is 3.57. The van der Waals surface area contributed by atoms with Gasteiger partial charge in [-0.2, -0.15) is 0 Å². The average molecular weight is 180 g/mol. The molecule has 0 spiro atoms. The SMILES string of the molecule is O=C(NC1CC1)NC1CCC2CC21. The normalized spacial score (nSPS) is 41.1. The van der Waals surface area contributed by atoms with E-state index in [4.69, 9.17) is 0 Å². The van der Waals surface area contributed by atoms with Crippen molar-refractivity contribution in [1.29, 1.82) is 0 Å². The number of carbonyl (C=O) groups excluding carboxylic acids is 1. The van der Waals surface area contributed by atoms with E-state index in [0.717, 1.165) is 11.8 Å². The number of amides is 2. The first-order valence-corrected chi connectivity index (χ1v) is 5.40. The van der Waals surface area contributed by atoms with E-state index in [9.17, 15) is 4.79 Å². The minimum Gasteiger partial charge on any atom is -0.335 e. The third kappa shape index (κ3) is 1.52. The fraction of sp³-hybridized carbons (Fsp3) is 0.900. The van der Waals surface area contributed by atoms with Gasteiger partial charge in [-0.05, 0) is 43.9 Å². The molecule has 0 aliphatic heterocycles. The maximum absolute atomic E-state index is 11.4. The molecule has 0 aromatic heterocycles. The lowest BCUT2D eigenvalue weighted by Gasteiger charge is -2.14. The van der Waals surface area contributed by atoms with E-state index < -0.39 is 0 Å². The van der Waals surface area contributed by atoms with E-state index >= 15 is 0 Å². The summed E-state index contributed by atoms with van der Waals surface area (Å²) in [5.74, 6) is 1.77. The molecule has 3 aliphatic carbocycles. The summed E-state index contributed by atoms with van der Waals surface area (Å²) in [7, 11) is 0. The highest BCUT2D eigenvalue weighted by Gasteiger charge is 2.48. The van der Waals surface area contributed by atoms with Gasteiger partial charge in [-0.1, -0.05) is 0 Å². The summed E-state index contributed by atoms with van der Waals surface area (Å²) in [5.41, 5.74) is 0. The second-order valence-corrected chi connectivity index (χ2v) is 4.74. The van der Waals surface area contributed by atoms with Crippen molar-refractivity contribution in [3.05, 3.63) is 0 Å². The van der Waals surface area contributed by atoms with E-state index in [1.807, 2.05) is 0 Å². The number of fused-ring (bicyclic) bond motifs is 1. The molecule has 3 atom stereocenters. The Balaban J connectivity index is 1.47. The van der Waals surface area contributed by atoms with Crippen LogP contribution in [0, 0.1) is 11.8 Å². The first-order valence-electron chi connectivity index (χ1n) is 5.40. The molecule has 2 N–H and O–H groups in total. The summed E-state index contributed by atoms with van der Waals surface area (Å²) in [6.07, 6.45) is 6.23. The van der Waals surface area contributed by atoms with Crippen LogP contribution in [0.15, 0.2) is 0 Å². The van der Waals surface area contributed by atoms with E-state index in [0.29, 0.717) is 12.1 Å². The lowest BCUT2D eigenvalue weighted by molar-refractivity contribution is 0.235. The van der Waals surface area contributed by atoms with Crippen molar-refractivity contribution in [3.8, 4) is 0 Å². The van der Waals surface area contributed by atoms with E-state index in [-0.39, 0.29) is 6.03 Å². The number of hydrogen-bond donors (Lipinski definition) is 2. The molecule has 3 rings (SSSR count). The zero-order valence-corrected chi connectivity index (χ0v) is 7.75. The smallest absolute Gasteiger partial charge is 0.315 e. The maximum atomic E-state index is 11.4. The summed E-state index contributed by atoms with van der Waals surface area (Å²) in [6, 6.07) is 1.04. The monoisotopic (exact) mass is 180 g/mol. The molecule has 3 nitrogen and oxygen atoms in total. The van der Waals surface area contributed by atoms with Crippen LogP contribution in [0.1, 0.15) is 32.1 Å². The second-order valence-electron chi connectivity index (χ2n) is 4.74. The molecule has 3 unspecified atom stereocenters. The Morgan fingerprint density at radius 2 is 1.92 bits per heavy atom. The van der Waals surface area contributed by atoms with Gasteiger partial charge in [-0.3, -0.25) is 0 Å². The highest BCUT2D eigenvalue weighted by atomic mass is 16.2. The van der Waals surface area contributed by atoms with Crippen LogP contribution in [0.3, 0.4) is 0 Å². The standard InChI is InChI=1S/C10H16N2O/c13-10(11-7-2-3-7)12-9-4-1-6-5-8(6)9/h6-9H,1-5H2,(H2,11,12,13). The van der Waals surface area contributed by atoms with Gasteiger partial charge in [0.25, 0.3) is 0 Å². The summed E-state index contributed by atoms with van der Waals surface area (Å²) >= 11 is 0. The van der Waals surface area contributed by atoms with Crippen LogP contribution in [0.5, 0.6) is 0 Å². The molecular formula is C10H16N2O. The Hall–Kier alpha value is -0.730. The zero-order valence-electron chi connectivity index (χ0n) is 7.75. The average Bonchev–Trinajstić information content (AvgIpc) is 2.96. The van der Waals surface area contributed by atoms with Crippen LogP contribution in [0.4, 0.5) is 4.79 Å². The molecule has 0 bridgehead atoms. The van der Waals surface area contributed by atoms with Crippen LogP contribution in [0.25, 0.3) is 0 Å². The van der Waals surface area contributed by atoms with Gasteiger partial charge in [0.15, 0.2) is 0 Å². The molecule has 2 amide bonds. The van der Waals surface area contributed by atoms with Crippen LogP contribution < -0.4 is 10.6 Å². The maximum Gasteiger partial charge on any atom is 0.315 e. The Kier molecular flexibility index (Phi) is 1.55. The fourth-order valence-corrected chi connectivity index (χ4v) is 2.51. The van der Waals surface area contributed by atoms with E-state index in [1.54, 1.807) is 0 Å². The van der Waals surface area contributed by atoms with Crippen LogP contribution in [-0.4, -0.2) is 18.1 Å². The molecule has 0 heterocycles. The summed E-state index contributed by atoms with van der Waals surface area (Å²) in [4.78, 5) is 11.4. The molecular weight excluding hydrogens is 164 g/mol. The molecule has 0 saturated heterocycles. The lowest BCUT2D eigenvalue weighted by atomic mass is 10.2. The van der Waals surface area contributed by atoms with Crippen LogP contribution in [-0.2, 0) is 0 Å². The Bertz CT molecular complexity index is 237. The van der Waals surface area contributed by atoms with Gasteiger partial charge >= 0.3 is 6.03 Å². The van der Waals surface area contributed by atoms with Crippen molar-refractivity contribution in [3.63, 3.8) is 0 Å². The van der Waals surface area contributed by atoms with Gasteiger partial charge in [0, 0.05) is 12.1 Å². The first kappa shape index (κ1) is 7.65. The topological polar surface area (TPSA) is 41.1 Å². The van der Waals surface area contributed by atoms with Crippen molar-refractivity contribution in [1.82, 2.24) is 10.6 Å². The molecule has 3 saturated carbocycles. The number of rotatable bonds is 2. The Morgan fingerprint density at radius 3 is 2.46 bits per heavy atom. The molecule has 3 fully saturated rings. The molecule has 3 aliphatic rings. The number of hydrogen-bond acceptors (Lipinski definition) is 1. The highest BCUT2D eigenvalue weighted by Crippen LogP contribution is 2.51. The quantitative estimate of drug-likeness (QED) is 0.659. The molecule has 0 aromatic carbocycles. The molecule has 0 aromatic rings. The molecule has 0 radical (unpaired) electrons. The fourth-order valence-electron chi connectivity index (χ4n) is 2.51. The predicted octanol–water partition coefficient (Wildman–Crippen LogP) is 1.25. The lowest BCUT2D eigenvalue weighted by Crippen LogP contribution is -2.43. The van der Waals surface area contributed by atoms with Crippen molar-refractivity contribution < 1.29 is 4.79 Å². The predicted molar refractivity (Wildman–Crippen MR) is 49.3 cm³/mol. The van der Waals surface area contributed by atoms with Crippen molar-refractivity contribution in [2.75, 3.05) is 0 Å². The Morgan fingerprint density at radius 1 is 1.08 bits per heavy atom. The third-order valence-electron chi connectivity index (χ3n) is 3.57. The van der Waals surface area contributed by atoms with Crippen molar-refractivity contribution in [2.24, 2.45) is 11.8 Å². The van der Waals surface area contributed by atoms with Gasteiger partial charge < -0.3 is 10.6 Å². The van der Waals surface area contributed by atoms with Gasteiger partial charge in [0.2, 0.25) is 0 Å². The Labute approximate surface area is 78.3 Å². The van der Waals surface area contributed by atoms with Crippen LogP contribution in [0.2, 0.25) is 0 Å². The minimum absolute atomic E-state index is 0.0695. The minimum atomic E-state index is 0.0695. The largest absolute Gasteiger partial charge is 0.335 e. The molecule has 72 valence electrons. The number of nitrogens with one attached hydrogen (secondary N) is 2. The van der Waals surface area contributed by atoms with E-state index in [1.165, 1.54) is 32.1 Å². The number of urea groups is 1. The van der Waals surface area contributed by atoms with Gasteiger partial charge in [-0.25, -0.2) is 4.79 Å². The molecule has 3 heteroatoms. The summed E-state index contributed by atoms with van der Waals surface area (Å²) in [6.45, 7) is 0. The van der Waals surface area contributed by atoms with E-state index in [2.05, 4.69) is 10.6 Å². The summed E-state index contributed by atoms with van der Waals surface area (Å²) < 4.78 is 0. The second kappa shape index (κ2) is 2.63. The van der Waals surface area contributed by atoms with Crippen LogP contribution >= 0.6 is 0 Å². The van der Waals surface area contributed by atoms with Crippen molar-refractivity contribution in [2.45, 2.75) is 44.2 Å². The summed E-state index contributed by atoms with van der Waals surface area (Å²) in [5, 5.41) is 6.06. The van der Waals surface area contributed by atoms with Gasteiger partial charge in [-0.15, -0.1) is 0 Å². The number of carbonyl (C=O) groups is 1. The molecule has 13 heavy (non-hydrogen) atoms. The first-order chi connectivity index (χ1) is 6.33. The van der Waals surface area contributed by atoms with Gasteiger partial charge in [0.05, 0.1) is 0 Å². The van der Waals surface area contributed by atoms with Crippen molar-refractivity contribution >= 4 is 6.03 Å².